The van der Waals surface area contributed by atoms with Gasteiger partial charge >= 0.3 is 0 Å². The summed E-state index contributed by atoms with van der Waals surface area (Å²) in [6, 6.07) is 5.94. The van der Waals surface area contributed by atoms with E-state index < -0.39 is 0 Å². The van der Waals surface area contributed by atoms with Gasteiger partial charge in [-0.3, -0.25) is 4.40 Å². The zero-order valence-electron chi connectivity index (χ0n) is 10.5. The number of imidazole rings is 1. The van der Waals surface area contributed by atoms with Gasteiger partial charge in [0.25, 0.3) is 0 Å². The summed E-state index contributed by atoms with van der Waals surface area (Å²) in [6.07, 6.45) is 7.02. The normalized spacial score (nSPS) is 17.1. The fraction of sp³-hybridized carbons (Fsp3) is 0.500. The van der Waals surface area contributed by atoms with Crippen LogP contribution in [0.25, 0.3) is 5.65 Å². The van der Waals surface area contributed by atoms with Crippen molar-refractivity contribution in [2.24, 2.45) is 0 Å². The van der Waals surface area contributed by atoms with Gasteiger partial charge in [0.2, 0.25) is 0 Å². The molecule has 1 aliphatic rings. The summed E-state index contributed by atoms with van der Waals surface area (Å²) in [5.74, 6) is 0.964. The van der Waals surface area contributed by atoms with E-state index in [0.717, 1.165) is 30.2 Å². The number of nitrogens with zero attached hydrogens (tertiary/aromatic N) is 3. The fourth-order valence-electron chi connectivity index (χ4n) is 2.72. The Morgan fingerprint density at radius 3 is 2.61 bits per heavy atom. The number of aromatic nitrogens is 2. The molecule has 96 valence electrons. The van der Waals surface area contributed by atoms with Crippen LogP contribution in [0.15, 0.2) is 24.4 Å². The zero-order chi connectivity index (χ0) is 12.4. The SMILES string of the molecule is OCc1c(N2CCCCCC2)nc2ccccn12. The number of hydrogen-bond acceptors (Lipinski definition) is 3. The maximum absolute atomic E-state index is 9.62. The molecular weight excluding hydrogens is 226 g/mol. The van der Waals surface area contributed by atoms with Gasteiger partial charge in [0, 0.05) is 19.3 Å². The van der Waals surface area contributed by atoms with Gasteiger partial charge < -0.3 is 10.0 Å². The van der Waals surface area contributed by atoms with Crippen LogP contribution in [0.3, 0.4) is 0 Å². The molecule has 4 nitrogen and oxygen atoms in total. The highest BCUT2D eigenvalue weighted by atomic mass is 16.3. The Morgan fingerprint density at radius 1 is 1.11 bits per heavy atom. The van der Waals surface area contributed by atoms with Crippen LogP contribution in [0.4, 0.5) is 5.82 Å². The van der Waals surface area contributed by atoms with Gasteiger partial charge in [-0.25, -0.2) is 4.98 Å². The Bertz CT molecular complexity index is 527. The largest absolute Gasteiger partial charge is 0.390 e. The maximum Gasteiger partial charge on any atom is 0.153 e. The number of aliphatic hydroxyl groups excluding tert-OH is 1. The van der Waals surface area contributed by atoms with Crippen molar-refractivity contribution in [3.63, 3.8) is 0 Å². The molecule has 3 rings (SSSR count). The van der Waals surface area contributed by atoms with E-state index in [4.69, 9.17) is 0 Å². The highest BCUT2D eigenvalue weighted by Gasteiger charge is 2.18. The predicted molar refractivity (Wildman–Crippen MR) is 71.8 cm³/mol. The molecule has 0 unspecified atom stereocenters. The third-order valence-corrected chi connectivity index (χ3v) is 3.66. The van der Waals surface area contributed by atoms with Crippen LogP contribution in [-0.2, 0) is 6.61 Å². The third kappa shape index (κ3) is 1.97. The van der Waals surface area contributed by atoms with Crippen molar-refractivity contribution < 1.29 is 5.11 Å². The quantitative estimate of drug-likeness (QED) is 0.882. The van der Waals surface area contributed by atoms with Crippen LogP contribution in [-0.4, -0.2) is 27.6 Å². The second-order valence-electron chi connectivity index (χ2n) is 4.87. The Morgan fingerprint density at radius 2 is 1.89 bits per heavy atom. The zero-order valence-corrected chi connectivity index (χ0v) is 10.5. The maximum atomic E-state index is 9.62. The molecule has 1 fully saturated rings. The number of aliphatic hydroxyl groups is 1. The lowest BCUT2D eigenvalue weighted by Crippen LogP contribution is -2.25. The van der Waals surface area contributed by atoms with E-state index in [9.17, 15) is 5.11 Å². The predicted octanol–water partition coefficient (Wildman–Crippen LogP) is 2.21. The number of rotatable bonds is 2. The molecule has 0 aliphatic carbocycles. The van der Waals surface area contributed by atoms with Crippen molar-refractivity contribution in [3.8, 4) is 0 Å². The first-order valence-corrected chi connectivity index (χ1v) is 6.72. The molecule has 0 saturated carbocycles. The van der Waals surface area contributed by atoms with E-state index in [1.165, 1.54) is 25.7 Å². The first kappa shape index (κ1) is 11.5. The number of fused-ring (bicyclic) bond motifs is 1. The minimum Gasteiger partial charge on any atom is -0.390 e. The first-order chi connectivity index (χ1) is 8.90. The topological polar surface area (TPSA) is 40.8 Å². The Kier molecular flexibility index (Phi) is 3.19. The Hall–Kier alpha value is -1.55. The molecular formula is C14H19N3O. The molecule has 0 aromatic carbocycles. The smallest absolute Gasteiger partial charge is 0.153 e. The van der Waals surface area contributed by atoms with Crippen molar-refractivity contribution in [1.29, 1.82) is 0 Å². The molecule has 4 heteroatoms. The monoisotopic (exact) mass is 245 g/mol. The van der Waals surface area contributed by atoms with E-state index in [1.807, 2.05) is 28.8 Å². The Balaban J connectivity index is 2.04. The van der Waals surface area contributed by atoms with Crippen LogP contribution in [0.2, 0.25) is 0 Å². The summed E-state index contributed by atoms with van der Waals surface area (Å²) >= 11 is 0. The highest BCUT2D eigenvalue weighted by molar-refractivity contribution is 5.55. The van der Waals surface area contributed by atoms with Gasteiger partial charge in [0.05, 0.1) is 12.3 Å². The standard InChI is InChI=1S/C14H19N3O/c18-11-12-14(16-8-4-1-2-5-9-16)15-13-7-3-6-10-17(12)13/h3,6-7,10,18H,1-2,4-5,8-9,11H2. The molecule has 0 atom stereocenters. The second-order valence-corrected chi connectivity index (χ2v) is 4.87. The molecule has 3 heterocycles. The molecule has 1 aliphatic heterocycles. The van der Waals surface area contributed by atoms with Gasteiger partial charge in [0.1, 0.15) is 5.65 Å². The van der Waals surface area contributed by atoms with Crippen molar-refractivity contribution in [2.75, 3.05) is 18.0 Å². The average molecular weight is 245 g/mol. The van der Waals surface area contributed by atoms with Gasteiger partial charge in [-0.15, -0.1) is 0 Å². The van der Waals surface area contributed by atoms with E-state index in [2.05, 4.69) is 9.88 Å². The summed E-state index contributed by atoms with van der Waals surface area (Å²) in [6.45, 7) is 2.14. The van der Waals surface area contributed by atoms with Crippen molar-refractivity contribution >= 4 is 11.5 Å². The van der Waals surface area contributed by atoms with Gasteiger partial charge in [-0.1, -0.05) is 18.9 Å². The molecule has 0 amide bonds. The van der Waals surface area contributed by atoms with Gasteiger partial charge in [-0.05, 0) is 25.0 Å². The highest BCUT2D eigenvalue weighted by Crippen LogP contribution is 2.24. The summed E-state index contributed by atoms with van der Waals surface area (Å²) < 4.78 is 1.99. The molecule has 2 aromatic rings. The molecule has 0 radical (unpaired) electrons. The van der Waals surface area contributed by atoms with Crippen LogP contribution in [0, 0.1) is 0 Å². The minimum atomic E-state index is 0.0387. The lowest BCUT2D eigenvalue weighted by atomic mass is 10.2. The van der Waals surface area contributed by atoms with Crippen LogP contribution in [0.1, 0.15) is 31.4 Å². The molecule has 1 saturated heterocycles. The van der Waals surface area contributed by atoms with Crippen LogP contribution < -0.4 is 4.90 Å². The minimum absolute atomic E-state index is 0.0387. The van der Waals surface area contributed by atoms with Crippen molar-refractivity contribution in [1.82, 2.24) is 9.38 Å². The average Bonchev–Trinajstić information content (AvgIpc) is 2.59. The van der Waals surface area contributed by atoms with Crippen LogP contribution in [0.5, 0.6) is 0 Å². The summed E-state index contributed by atoms with van der Waals surface area (Å²) in [5, 5.41) is 9.62. The second kappa shape index (κ2) is 4.98. The number of hydrogen-bond donors (Lipinski definition) is 1. The summed E-state index contributed by atoms with van der Waals surface area (Å²) in [5.41, 5.74) is 1.83. The molecule has 1 N–H and O–H groups in total. The van der Waals surface area contributed by atoms with E-state index in [-0.39, 0.29) is 6.61 Å². The Labute approximate surface area is 107 Å². The summed E-state index contributed by atoms with van der Waals surface area (Å²) in [4.78, 5) is 7.00. The lowest BCUT2D eigenvalue weighted by Gasteiger charge is -2.20. The van der Waals surface area contributed by atoms with Crippen LogP contribution >= 0.6 is 0 Å². The fourth-order valence-corrected chi connectivity index (χ4v) is 2.72. The van der Waals surface area contributed by atoms with Crippen molar-refractivity contribution in [2.45, 2.75) is 32.3 Å². The summed E-state index contributed by atoms with van der Waals surface area (Å²) in [7, 11) is 0. The van der Waals surface area contributed by atoms with E-state index in [0.29, 0.717) is 0 Å². The number of anilines is 1. The third-order valence-electron chi connectivity index (χ3n) is 3.66. The molecule has 0 bridgehead atoms. The van der Waals surface area contributed by atoms with Gasteiger partial charge in [0.15, 0.2) is 5.82 Å². The van der Waals surface area contributed by atoms with E-state index in [1.54, 1.807) is 0 Å². The van der Waals surface area contributed by atoms with Gasteiger partial charge in [-0.2, -0.15) is 0 Å². The van der Waals surface area contributed by atoms with Crippen molar-refractivity contribution in [3.05, 3.63) is 30.1 Å². The van der Waals surface area contributed by atoms with E-state index >= 15 is 0 Å². The molecule has 0 spiro atoms. The number of pyridine rings is 1. The molecule has 2 aromatic heterocycles. The first-order valence-electron chi connectivity index (χ1n) is 6.72. The lowest BCUT2D eigenvalue weighted by molar-refractivity contribution is 0.276. The molecule has 18 heavy (non-hydrogen) atoms.